The summed E-state index contributed by atoms with van der Waals surface area (Å²) in [6, 6.07) is 21.6. The lowest BCUT2D eigenvalue weighted by atomic mass is 9.97. The molecule has 0 bridgehead atoms. The summed E-state index contributed by atoms with van der Waals surface area (Å²) < 4.78 is 18.5. The van der Waals surface area contributed by atoms with Gasteiger partial charge in [0.1, 0.15) is 5.82 Å². The van der Waals surface area contributed by atoms with Crippen LogP contribution in [0.15, 0.2) is 66.7 Å². The third kappa shape index (κ3) is 9.10. The Balaban J connectivity index is 1.45. The summed E-state index contributed by atoms with van der Waals surface area (Å²) in [5.74, 6) is 6.02. The number of benzene rings is 3. The number of esters is 1. The highest BCUT2D eigenvalue weighted by molar-refractivity contribution is 5.89. The van der Waals surface area contributed by atoms with E-state index in [2.05, 4.69) is 84.3 Å². The maximum Gasteiger partial charge on any atom is 0.340 e. The molecule has 194 valence electrons. The smallest absolute Gasteiger partial charge is 0.340 e. The van der Waals surface area contributed by atoms with Gasteiger partial charge in [-0.25, -0.2) is 9.18 Å². The van der Waals surface area contributed by atoms with E-state index in [4.69, 9.17) is 0 Å². The van der Waals surface area contributed by atoms with Crippen molar-refractivity contribution >= 4 is 11.7 Å². The molecule has 3 nitrogen and oxygen atoms in total. The molecule has 0 fully saturated rings. The Morgan fingerprint density at radius 3 is 2.22 bits per heavy atom. The average Bonchev–Trinajstić information content (AvgIpc) is 2.94. The SMILES string of the molecule is CCCCc1ccc(C#CC(CC)CCCc2ccc(NCc3ccc(F)c(C(=O)OC)c3)cc2)cc1. The van der Waals surface area contributed by atoms with Crippen LogP contribution < -0.4 is 5.32 Å². The summed E-state index contributed by atoms with van der Waals surface area (Å²) in [5, 5.41) is 3.33. The van der Waals surface area contributed by atoms with E-state index >= 15 is 0 Å². The molecule has 3 rings (SSSR count). The number of rotatable bonds is 12. The molecular weight excluding hydrogens is 461 g/mol. The maximum atomic E-state index is 13.8. The number of hydrogen-bond acceptors (Lipinski definition) is 3. The summed E-state index contributed by atoms with van der Waals surface area (Å²) in [5.41, 5.74) is 5.53. The largest absolute Gasteiger partial charge is 0.465 e. The van der Waals surface area contributed by atoms with Gasteiger partial charge in [0.05, 0.1) is 12.7 Å². The molecule has 0 heterocycles. The molecule has 0 aliphatic carbocycles. The first kappa shape index (κ1) is 28.0. The van der Waals surface area contributed by atoms with Crippen LogP contribution in [0.5, 0.6) is 0 Å². The van der Waals surface area contributed by atoms with Gasteiger partial charge in [-0.1, -0.05) is 62.4 Å². The molecular formula is C33H38FNO2. The second-order valence-electron chi connectivity index (χ2n) is 9.42. The third-order valence-electron chi connectivity index (χ3n) is 6.59. The van der Waals surface area contributed by atoms with Crippen LogP contribution in [0.1, 0.15) is 78.6 Å². The minimum Gasteiger partial charge on any atom is -0.465 e. The van der Waals surface area contributed by atoms with Gasteiger partial charge in [-0.05, 0) is 91.6 Å². The van der Waals surface area contributed by atoms with E-state index < -0.39 is 11.8 Å². The summed E-state index contributed by atoms with van der Waals surface area (Å²) in [6.45, 7) is 4.92. The van der Waals surface area contributed by atoms with Crippen molar-refractivity contribution in [3.8, 4) is 11.8 Å². The molecule has 0 saturated carbocycles. The second-order valence-corrected chi connectivity index (χ2v) is 9.42. The van der Waals surface area contributed by atoms with Crippen LogP contribution in [0.4, 0.5) is 10.1 Å². The summed E-state index contributed by atoms with van der Waals surface area (Å²) >= 11 is 0. The number of methoxy groups -OCH3 is 1. The average molecular weight is 500 g/mol. The zero-order valence-electron chi connectivity index (χ0n) is 22.3. The van der Waals surface area contributed by atoms with Crippen molar-refractivity contribution in [2.24, 2.45) is 5.92 Å². The van der Waals surface area contributed by atoms with E-state index in [1.807, 2.05) is 0 Å². The number of carbonyl (C=O) groups is 1. The van der Waals surface area contributed by atoms with Gasteiger partial charge in [-0.3, -0.25) is 0 Å². The van der Waals surface area contributed by atoms with Crippen molar-refractivity contribution in [1.82, 2.24) is 0 Å². The molecule has 0 aliphatic heterocycles. The van der Waals surface area contributed by atoms with Crippen molar-refractivity contribution < 1.29 is 13.9 Å². The maximum absolute atomic E-state index is 13.8. The van der Waals surface area contributed by atoms with Gasteiger partial charge in [0.25, 0.3) is 0 Å². The predicted molar refractivity (Wildman–Crippen MR) is 150 cm³/mol. The van der Waals surface area contributed by atoms with Crippen LogP contribution in [0.2, 0.25) is 0 Å². The first-order valence-corrected chi connectivity index (χ1v) is 13.3. The van der Waals surface area contributed by atoms with Gasteiger partial charge in [-0.15, -0.1) is 0 Å². The van der Waals surface area contributed by atoms with Crippen LogP contribution in [0.25, 0.3) is 0 Å². The van der Waals surface area contributed by atoms with Gasteiger partial charge in [-0.2, -0.15) is 0 Å². The molecule has 0 amide bonds. The zero-order valence-corrected chi connectivity index (χ0v) is 22.3. The van der Waals surface area contributed by atoms with Gasteiger partial charge >= 0.3 is 5.97 Å². The Morgan fingerprint density at radius 1 is 0.919 bits per heavy atom. The minimum absolute atomic E-state index is 0.0486. The number of unbranched alkanes of at least 4 members (excludes halogenated alkanes) is 1. The molecule has 0 aromatic heterocycles. The Morgan fingerprint density at radius 2 is 1.57 bits per heavy atom. The highest BCUT2D eigenvalue weighted by Gasteiger charge is 2.12. The highest BCUT2D eigenvalue weighted by Crippen LogP contribution is 2.18. The van der Waals surface area contributed by atoms with E-state index in [1.54, 1.807) is 6.07 Å². The molecule has 37 heavy (non-hydrogen) atoms. The van der Waals surface area contributed by atoms with Gasteiger partial charge < -0.3 is 10.1 Å². The van der Waals surface area contributed by atoms with Crippen molar-refractivity contribution in [3.63, 3.8) is 0 Å². The van der Waals surface area contributed by atoms with Crippen molar-refractivity contribution in [2.45, 2.75) is 65.3 Å². The summed E-state index contributed by atoms with van der Waals surface area (Å²) in [7, 11) is 1.25. The second kappa shape index (κ2) is 14.9. The van der Waals surface area contributed by atoms with E-state index in [9.17, 15) is 9.18 Å². The lowest BCUT2D eigenvalue weighted by Gasteiger charge is -2.10. The van der Waals surface area contributed by atoms with Gasteiger partial charge in [0.2, 0.25) is 0 Å². The van der Waals surface area contributed by atoms with Gasteiger partial charge in [0, 0.05) is 23.7 Å². The van der Waals surface area contributed by atoms with Crippen LogP contribution in [-0.4, -0.2) is 13.1 Å². The monoisotopic (exact) mass is 499 g/mol. The fraction of sp³-hybridized carbons (Fsp3) is 0.364. The number of aryl methyl sites for hydroxylation is 2. The van der Waals surface area contributed by atoms with Crippen molar-refractivity contribution in [2.75, 3.05) is 12.4 Å². The summed E-state index contributed by atoms with van der Waals surface area (Å²) in [4.78, 5) is 11.7. The Labute approximate surface area is 221 Å². The normalized spacial score (nSPS) is 11.4. The number of anilines is 1. The molecule has 0 spiro atoms. The third-order valence-corrected chi connectivity index (χ3v) is 6.59. The fourth-order valence-corrected chi connectivity index (χ4v) is 4.19. The quantitative estimate of drug-likeness (QED) is 0.203. The number of nitrogens with one attached hydrogen (secondary N) is 1. The van der Waals surface area contributed by atoms with E-state index in [0.29, 0.717) is 12.5 Å². The molecule has 3 aromatic carbocycles. The molecule has 0 saturated heterocycles. The van der Waals surface area contributed by atoms with E-state index in [0.717, 1.165) is 48.9 Å². The topological polar surface area (TPSA) is 38.3 Å². The highest BCUT2D eigenvalue weighted by atomic mass is 19.1. The zero-order chi connectivity index (χ0) is 26.5. The van der Waals surface area contributed by atoms with Crippen molar-refractivity contribution in [3.05, 3.63) is 100 Å². The van der Waals surface area contributed by atoms with Crippen LogP contribution in [-0.2, 0) is 24.1 Å². The first-order chi connectivity index (χ1) is 18.0. The Hall–Kier alpha value is -3.58. The van der Waals surface area contributed by atoms with Crippen LogP contribution in [0, 0.1) is 23.6 Å². The number of hydrogen-bond donors (Lipinski definition) is 1. The number of ether oxygens (including phenoxy) is 1. The van der Waals surface area contributed by atoms with Crippen LogP contribution in [0.3, 0.4) is 0 Å². The molecule has 1 atom stereocenters. The first-order valence-electron chi connectivity index (χ1n) is 13.3. The number of carbonyl (C=O) groups excluding carboxylic acids is 1. The van der Waals surface area contributed by atoms with Crippen LogP contribution >= 0.6 is 0 Å². The predicted octanol–water partition coefficient (Wildman–Crippen LogP) is 7.97. The molecule has 4 heteroatoms. The Kier molecular flexibility index (Phi) is 11.2. The van der Waals surface area contributed by atoms with Crippen molar-refractivity contribution in [1.29, 1.82) is 0 Å². The lowest BCUT2D eigenvalue weighted by molar-refractivity contribution is 0.0595. The summed E-state index contributed by atoms with van der Waals surface area (Å²) in [6.07, 6.45) is 7.87. The molecule has 1 N–H and O–H groups in total. The minimum atomic E-state index is -0.670. The standard InChI is InChI=1S/C33H38FNO2/c1-4-6-8-26-13-15-28(16-14-26)12-11-25(5-2)9-7-10-27-17-20-30(21-18-27)35-24-29-19-22-32(34)31(23-29)33(36)37-3/h13-23,25,35H,4-10,24H2,1-3H3. The van der Waals surface area contributed by atoms with E-state index in [1.165, 1.54) is 43.2 Å². The Bertz CT molecular complexity index is 1190. The number of halogens is 1. The van der Waals surface area contributed by atoms with E-state index in [-0.39, 0.29) is 5.56 Å². The fourth-order valence-electron chi connectivity index (χ4n) is 4.19. The van der Waals surface area contributed by atoms with Gasteiger partial charge in [0.15, 0.2) is 0 Å². The molecule has 3 aromatic rings. The molecule has 0 aliphatic rings. The molecule has 1 unspecified atom stereocenters. The molecule has 0 radical (unpaired) electrons. The lowest BCUT2D eigenvalue weighted by Crippen LogP contribution is -2.07.